The third kappa shape index (κ3) is 5.68. The SMILES string of the molecule is O=C(O)CCC1CCN(C(=O)CCC2CCCCC2)CC1. The molecule has 1 aliphatic carbocycles. The standard InChI is InChI=1S/C17H29NO3/c19-16(8-6-14-4-2-1-3-5-14)18-12-10-15(11-13-18)7-9-17(20)21/h14-15H,1-13H2,(H,20,21). The number of carbonyl (C=O) groups excluding carboxylic acids is 1. The third-order valence-corrected chi connectivity index (χ3v) is 5.22. The van der Waals surface area contributed by atoms with Crippen LogP contribution in [0.4, 0.5) is 0 Å². The van der Waals surface area contributed by atoms with Crippen molar-refractivity contribution in [3.8, 4) is 0 Å². The maximum atomic E-state index is 12.2. The maximum Gasteiger partial charge on any atom is 0.303 e. The van der Waals surface area contributed by atoms with E-state index in [0.29, 0.717) is 18.2 Å². The number of carbonyl (C=O) groups is 2. The summed E-state index contributed by atoms with van der Waals surface area (Å²) in [5.74, 6) is 0.873. The summed E-state index contributed by atoms with van der Waals surface area (Å²) in [6, 6.07) is 0. The van der Waals surface area contributed by atoms with E-state index in [-0.39, 0.29) is 6.42 Å². The van der Waals surface area contributed by atoms with Gasteiger partial charge in [-0.2, -0.15) is 0 Å². The highest BCUT2D eigenvalue weighted by molar-refractivity contribution is 5.76. The predicted molar refractivity (Wildman–Crippen MR) is 82.0 cm³/mol. The van der Waals surface area contributed by atoms with Crippen molar-refractivity contribution in [3.63, 3.8) is 0 Å². The van der Waals surface area contributed by atoms with Gasteiger partial charge in [-0.3, -0.25) is 9.59 Å². The quantitative estimate of drug-likeness (QED) is 0.816. The van der Waals surface area contributed by atoms with Gasteiger partial charge in [0.25, 0.3) is 0 Å². The lowest BCUT2D eigenvalue weighted by molar-refractivity contribution is -0.138. The molecule has 1 saturated carbocycles. The number of aliphatic carboxylic acids is 1. The Hall–Kier alpha value is -1.06. The smallest absolute Gasteiger partial charge is 0.303 e. The molecule has 0 radical (unpaired) electrons. The van der Waals surface area contributed by atoms with Crippen molar-refractivity contribution in [2.45, 2.75) is 70.6 Å². The monoisotopic (exact) mass is 295 g/mol. The summed E-state index contributed by atoms with van der Waals surface area (Å²) in [5, 5.41) is 8.71. The van der Waals surface area contributed by atoms with Crippen LogP contribution >= 0.6 is 0 Å². The average Bonchev–Trinajstić information content (AvgIpc) is 2.52. The number of rotatable bonds is 6. The minimum absolute atomic E-state index is 0.264. The van der Waals surface area contributed by atoms with Gasteiger partial charge >= 0.3 is 5.97 Å². The molecule has 120 valence electrons. The molecule has 1 N–H and O–H groups in total. The first-order valence-electron chi connectivity index (χ1n) is 8.64. The van der Waals surface area contributed by atoms with E-state index >= 15 is 0 Å². The second-order valence-electron chi connectivity index (χ2n) is 6.80. The van der Waals surface area contributed by atoms with E-state index in [1.807, 2.05) is 4.90 Å². The number of likely N-dealkylation sites (tertiary alicyclic amines) is 1. The topological polar surface area (TPSA) is 57.6 Å². The Morgan fingerprint density at radius 3 is 2.05 bits per heavy atom. The van der Waals surface area contributed by atoms with E-state index in [1.54, 1.807) is 0 Å². The van der Waals surface area contributed by atoms with E-state index in [0.717, 1.165) is 44.7 Å². The molecule has 21 heavy (non-hydrogen) atoms. The molecule has 0 aromatic carbocycles. The molecule has 0 unspecified atom stereocenters. The zero-order valence-corrected chi connectivity index (χ0v) is 13.1. The van der Waals surface area contributed by atoms with Gasteiger partial charge in [0, 0.05) is 25.9 Å². The summed E-state index contributed by atoms with van der Waals surface area (Å²) >= 11 is 0. The minimum atomic E-state index is -0.707. The van der Waals surface area contributed by atoms with Gasteiger partial charge < -0.3 is 10.0 Å². The Kier molecular flexibility index (Phi) is 6.52. The fourth-order valence-electron chi connectivity index (χ4n) is 3.76. The van der Waals surface area contributed by atoms with Crippen molar-refractivity contribution in [1.29, 1.82) is 0 Å². The number of piperidine rings is 1. The summed E-state index contributed by atoms with van der Waals surface area (Å²) in [5.41, 5.74) is 0. The van der Waals surface area contributed by atoms with Crippen LogP contribution in [0, 0.1) is 11.8 Å². The summed E-state index contributed by atoms with van der Waals surface area (Å²) < 4.78 is 0. The summed E-state index contributed by atoms with van der Waals surface area (Å²) in [6.45, 7) is 1.65. The van der Waals surface area contributed by atoms with Crippen LogP contribution in [-0.4, -0.2) is 35.0 Å². The van der Waals surface area contributed by atoms with Crippen molar-refractivity contribution < 1.29 is 14.7 Å². The van der Waals surface area contributed by atoms with Crippen LogP contribution in [0.5, 0.6) is 0 Å². The molecule has 2 fully saturated rings. The molecule has 0 spiro atoms. The van der Waals surface area contributed by atoms with Crippen LogP contribution in [-0.2, 0) is 9.59 Å². The summed E-state index contributed by atoms with van der Waals surface area (Å²) in [4.78, 5) is 24.8. The number of hydrogen-bond donors (Lipinski definition) is 1. The molecule has 1 amide bonds. The number of carboxylic acids is 1. The fraction of sp³-hybridized carbons (Fsp3) is 0.882. The van der Waals surface area contributed by atoms with Gasteiger partial charge in [0.15, 0.2) is 0 Å². The third-order valence-electron chi connectivity index (χ3n) is 5.22. The number of hydrogen-bond acceptors (Lipinski definition) is 2. The fourth-order valence-corrected chi connectivity index (χ4v) is 3.76. The molecule has 0 bridgehead atoms. The molecular formula is C17H29NO3. The van der Waals surface area contributed by atoms with Gasteiger partial charge in [-0.1, -0.05) is 32.1 Å². The van der Waals surface area contributed by atoms with E-state index in [9.17, 15) is 9.59 Å². The average molecular weight is 295 g/mol. The first kappa shape index (κ1) is 16.3. The van der Waals surface area contributed by atoms with E-state index in [2.05, 4.69) is 0 Å². The van der Waals surface area contributed by atoms with Crippen molar-refractivity contribution in [2.75, 3.05) is 13.1 Å². The highest BCUT2D eigenvalue weighted by Gasteiger charge is 2.24. The second kappa shape index (κ2) is 8.40. The summed E-state index contributed by atoms with van der Waals surface area (Å²) in [6.07, 6.45) is 11.4. The van der Waals surface area contributed by atoms with Crippen molar-refractivity contribution in [2.24, 2.45) is 11.8 Å². The highest BCUT2D eigenvalue weighted by Crippen LogP contribution is 2.28. The van der Waals surface area contributed by atoms with Crippen molar-refractivity contribution >= 4 is 11.9 Å². The molecule has 0 aromatic heterocycles. The Balaban J connectivity index is 1.62. The molecule has 1 aliphatic heterocycles. The Bertz CT molecular complexity index is 342. The highest BCUT2D eigenvalue weighted by atomic mass is 16.4. The number of amides is 1. The largest absolute Gasteiger partial charge is 0.481 e. The van der Waals surface area contributed by atoms with E-state index in [1.165, 1.54) is 32.1 Å². The Morgan fingerprint density at radius 1 is 0.857 bits per heavy atom. The molecule has 1 heterocycles. The lowest BCUT2D eigenvalue weighted by atomic mass is 9.86. The molecule has 0 aromatic rings. The Labute approximate surface area is 127 Å². The van der Waals surface area contributed by atoms with E-state index in [4.69, 9.17) is 5.11 Å². The minimum Gasteiger partial charge on any atom is -0.481 e. The van der Waals surface area contributed by atoms with Crippen LogP contribution in [0.2, 0.25) is 0 Å². The van der Waals surface area contributed by atoms with Crippen LogP contribution in [0.15, 0.2) is 0 Å². The molecule has 0 atom stereocenters. The molecular weight excluding hydrogens is 266 g/mol. The first-order chi connectivity index (χ1) is 10.1. The van der Waals surface area contributed by atoms with Crippen LogP contribution in [0.3, 0.4) is 0 Å². The summed E-state index contributed by atoms with van der Waals surface area (Å²) in [7, 11) is 0. The number of carboxylic acid groups (broad SMARTS) is 1. The molecule has 1 saturated heterocycles. The van der Waals surface area contributed by atoms with Crippen LogP contribution in [0.1, 0.15) is 70.6 Å². The second-order valence-corrected chi connectivity index (χ2v) is 6.80. The zero-order valence-electron chi connectivity index (χ0n) is 13.1. The molecule has 4 heteroatoms. The molecule has 2 rings (SSSR count). The first-order valence-corrected chi connectivity index (χ1v) is 8.64. The van der Waals surface area contributed by atoms with Gasteiger partial charge in [-0.25, -0.2) is 0 Å². The van der Waals surface area contributed by atoms with Crippen molar-refractivity contribution in [3.05, 3.63) is 0 Å². The maximum absolute atomic E-state index is 12.2. The van der Waals surface area contributed by atoms with Gasteiger partial charge in [0.05, 0.1) is 0 Å². The van der Waals surface area contributed by atoms with Gasteiger partial charge in [-0.15, -0.1) is 0 Å². The lowest BCUT2D eigenvalue weighted by Gasteiger charge is -2.32. The Morgan fingerprint density at radius 2 is 1.43 bits per heavy atom. The lowest BCUT2D eigenvalue weighted by Crippen LogP contribution is -2.38. The normalized spacial score (nSPS) is 21.4. The van der Waals surface area contributed by atoms with Crippen LogP contribution < -0.4 is 0 Å². The van der Waals surface area contributed by atoms with Crippen molar-refractivity contribution in [1.82, 2.24) is 4.90 Å². The predicted octanol–water partition coefficient (Wildman–Crippen LogP) is 3.45. The van der Waals surface area contributed by atoms with Gasteiger partial charge in [0.2, 0.25) is 5.91 Å². The van der Waals surface area contributed by atoms with Gasteiger partial charge in [-0.05, 0) is 37.5 Å². The van der Waals surface area contributed by atoms with Crippen LogP contribution in [0.25, 0.3) is 0 Å². The van der Waals surface area contributed by atoms with E-state index < -0.39 is 5.97 Å². The molecule has 4 nitrogen and oxygen atoms in total. The molecule has 2 aliphatic rings. The zero-order chi connectivity index (χ0) is 15.1. The number of nitrogens with zero attached hydrogens (tertiary/aromatic N) is 1. The van der Waals surface area contributed by atoms with Gasteiger partial charge in [0.1, 0.15) is 0 Å².